The van der Waals surface area contributed by atoms with Crippen LogP contribution >= 0.6 is 15.9 Å². The first-order chi connectivity index (χ1) is 12.8. The highest BCUT2D eigenvalue weighted by molar-refractivity contribution is 9.10. The molecule has 0 saturated carbocycles. The van der Waals surface area contributed by atoms with Crippen LogP contribution in [0.3, 0.4) is 0 Å². The number of benzene rings is 1. The molecule has 3 rings (SSSR count). The topological polar surface area (TPSA) is 52.7 Å². The Hall–Kier alpha value is -1.40. The van der Waals surface area contributed by atoms with Gasteiger partial charge in [0.2, 0.25) is 11.8 Å². The van der Waals surface area contributed by atoms with E-state index >= 15 is 0 Å². The summed E-state index contributed by atoms with van der Waals surface area (Å²) in [7, 11) is 0. The van der Waals surface area contributed by atoms with Gasteiger partial charge in [-0.15, -0.1) is 0 Å². The first-order valence-corrected chi connectivity index (χ1v) is 10.7. The Labute approximate surface area is 170 Å². The van der Waals surface area contributed by atoms with E-state index in [9.17, 15) is 9.59 Å². The molecule has 0 aromatic heterocycles. The van der Waals surface area contributed by atoms with Crippen LogP contribution in [0.2, 0.25) is 0 Å². The Bertz CT molecular complexity index is 707. The maximum atomic E-state index is 12.6. The molecule has 0 spiro atoms. The Morgan fingerprint density at radius 2 is 2.11 bits per heavy atom. The third kappa shape index (κ3) is 4.91. The summed E-state index contributed by atoms with van der Waals surface area (Å²) in [6.07, 6.45) is 2.65. The number of anilines is 1. The number of rotatable bonds is 5. The molecule has 2 amide bonds. The van der Waals surface area contributed by atoms with Gasteiger partial charge in [0.1, 0.15) is 0 Å². The van der Waals surface area contributed by atoms with Gasteiger partial charge in [-0.05, 0) is 69.8 Å². The van der Waals surface area contributed by atoms with Crippen LogP contribution in [-0.4, -0.2) is 48.9 Å². The van der Waals surface area contributed by atoms with Crippen molar-refractivity contribution in [1.82, 2.24) is 10.2 Å². The van der Waals surface area contributed by atoms with Crippen molar-refractivity contribution in [2.75, 3.05) is 31.1 Å². The third-order valence-electron chi connectivity index (χ3n) is 5.79. The highest BCUT2D eigenvalue weighted by Crippen LogP contribution is 2.28. The maximum absolute atomic E-state index is 12.6. The molecule has 1 aromatic carbocycles. The van der Waals surface area contributed by atoms with Gasteiger partial charge in [0, 0.05) is 42.3 Å². The lowest BCUT2D eigenvalue weighted by molar-refractivity contribution is -0.126. The van der Waals surface area contributed by atoms with Crippen LogP contribution in [0.25, 0.3) is 0 Å². The molecule has 2 aliphatic rings. The predicted molar refractivity (Wildman–Crippen MR) is 112 cm³/mol. The largest absolute Gasteiger partial charge is 0.355 e. The van der Waals surface area contributed by atoms with Crippen LogP contribution in [-0.2, 0) is 9.59 Å². The van der Waals surface area contributed by atoms with E-state index in [4.69, 9.17) is 0 Å². The number of carbonyl (C=O) groups is 2. The number of halogens is 1. The number of aryl methyl sites for hydroxylation is 1. The Morgan fingerprint density at radius 3 is 2.81 bits per heavy atom. The van der Waals surface area contributed by atoms with Crippen molar-refractivity contribution in [2.45, 2.75) is 46.1 Å². The van der Waals surface area contributed by atoms with Gasteiger partial charge in [-0.25, -0.2) is 0 Å². The van der Waals surface area contributed by atoms with Crippen molar-refractivity contribution < 1.29 is 9.59 Å². The molecular formula is C21H30BrN3O2. The first-order valence-electron chi connectivity index (χ1n) is 9.93. The lowest BCUT2D eigenvalue weighted by Crippen LogP contribution is -2.44. The molecule has 2 fully saturated rings. The van der Waals surface area contributed by atoms with Crippen LogP contribution in [0.5, 0.6) is 0 Å². The minimum atomic E-state index is -0.258. The molecule has 6 heteroatoms. The zero-order valence-electron chi connectivity index (χ0n) is 16.5. The lowest BCUT2D eigenvalue weighted by atomic mass is 9.96. The molecule has 0 radical (unpaired) electrons. The van der Waals surface area contributed by atoms with E-state index in [0.717, 1.165) is 35.2 Å². The van der Waals surface area contributed by atoms with Crippen molar-refractivity contribution in [3.05, 3.63) is 28.2 Å². The normalized spacial score (nSPS) is 23.9. The number of nitrogens with zero attached hydrogens (tertiary/aromatic N) is 2. The second-order valence-corrected chi connectivity index (χ2v) is 9.04. The number of amides is 2. The fraction of sp³-hybridized carbons (Fsp3) is 0.619. The van der Waals surface area contributed by atoms with Crippen molar-refractivity contribution in [2.24, 2.45) is 11.8 Å². The summed E-state index contributed by atoms with van der Waals surface area (Å²) in [5.74, 6) is 0.292. The molecule has 2 unspecified atom stereocenters. The molecule has 0 bridgehead atoms. The number of carbonyl (C=O) groups excluding carboxylic acids is 2. The molecule has 2 aliphatic heterocycles. The van der Waals surface area contributed by atoms with Crippen LogP contribution in [0.1, 0.15) is 38.7 Å². The van der Waals surface area contributed by atoms with Crippen LogP contribution in [0, 0.1) is 18.8 Å². The lowest BCUT2D eigenvalue weighted by Gasteiger charge is -2.35. The minimum absolute atomic E-state index is 0.0151. The maximum Gasteiger partial charge on any atom is 0.227 e. The number of hydrogen-bond acceptors (Lipinski definition) is 3. The molecule has 2 atom stereocenters. The number of nitrogens with one attached hydrogen (secondary N) is 1. The van der Waals surface area contributed by atoms with Gasteiger partial charge in [0.15, 0.2) is 0 Å². The molecule has 2 saturated heterocycles. The van der Waals surface area contributed by atoms with Crippen LogP contribution in [0.4, 0.5) is 5.69 Å². The average Bonchev–Trinajstić information content (AvgIpc) is 3.04. The van der Waals surface area contributed by atoms with Crippen LogP contribution < -0.4 is 10.2 Å². The van der Waals surface area contributed by atoms with E-state index in [1.807, 2.05) is 25.1 Å². The summed E-state index contributed by atoms with van der Waals surface area (Å²) in [5, 5.41) is 3.11. The standard InChI is InChI=1S/C21H30BrN3O2/c1-14(2)24-8-4-5-16(12-24)11-23-21(27)17-10-20(26)25(13-17)18-6-7-19(22)15(3)9-18/h6-7,9,14,16-17H,4-5,8,10-13H2,1-3H3,(H,23,27). The third-order valence-corrected chi connectivity index (χ3v) is 6.68. The van der Waals surface area contributed by atoms with Gasteiger partial charge in [-0.2, -0.15) is 0 Å². The Morgan fingerprint density at radius 1 is 1.33 bits per heavy atom. The van der Waals surface area contributed by atoms with E-state index in [1.54, 1.807) is 4.90 Å². The molecule has 5 nitrogen and oxygen atoms in total. The van der Waals surface area contributed by atoms with Crippen LogP contribution in [0.15, 0.2) is 22.7 Å². The number of hydrogen-bond donors (Lipinski definition) is 1. The van der Waals surface area contributed by atoms with Crippen molar-refractivity contribution >= 4 is 33.4 Å². The monoisotopic (exact) mass is 435 g/mol. The van der Waals surface area contributed by atoms with Gasteiger partial charge in [-0.3, -0.25) is 9.59 Å². The molecule has 1 aromatic rings. The molecular weight excluding hydrogens is 406 g/mol. The molecule has 1 N–H and O–H groups in total. The highest BCUT2D eigenvalue weighted by atomic mass is 79.9. The van der Waals surface area contributed by atoms with Gasteiger partial charge in [0.25, 0.3) is 0 Å². The zero-order valence-corrected chi connectivity index (χ0v) is 18.1. The molecule has 2 heterocycles. The van der Waals surface area contributed by atoms with E-state index < -0.39 is 0 Å². The predicted octanol–water partition coefficient (Wildman–Crippen LogP) is 3.35. The molecule has 148 valence electrons. The Balaban J connectivity index is 1.54. The van der Waals surface area contributed by atoms with E-state index in [-0.39, 0.29) is 17.7 Å². The quantitative estimate of drug-likeness (QED) is 0.771. The zero-order chi connectivity index (χ0) is 19.6. The fourth-order valence-electron chi connectivity index (χ4n) is 4.05. The summed E-state index contributed by atoms with van der Waals surface area (Å²) in [6, 6.07) is 6.43. The van der Waals surface area contributed by atoms with Gasteiger partial charge in [0.05, 0.1) is 5.92 Å². The fourth-order valence-corrected chi connectivity index (χ4v) is 4.30. The summed E-state index contributed by atoms with van der Waals surface area (Å²) in [6.45, 7) is 9.83. The van der Waals surface area contributed by atoms with Crippen molar-refractivity contribution in [3.63, 3.8) is 0 Å². The van der Waals surface area contributed by atoms with Crippen molar-refractivity contribution in [3.8, 4) is 0 Å². The van der Waals surface area contributed by atoms with E-state index in [0.29, 0.717) is 31.5 Å². The molecule has 27 heavy (non-hydrogen) atoms. The van der Waals surface area contributed by atoms with Gasteiger partial charge in [-0.1, -0.05) is 15.9 Å². The summed E-state index contributed by atoms with van der Waals surface area (Å²) in [5.41, 5.74) is 1.95. The SMILES string of the molecule is Cc1cc(N2CC(C(=O)NCC3CCCN(C(C)C)C3)CC2=O)ccc1Br. The van der Waals surface area contributed by atoms with Gasteiger partial charge < -0.3 is 15.1 Å². The number of likely N-dealkylation sites (tertiary alicyclic amines) is 1. The summed E-state index contributed by atoms with van der Waals surface area (Å²) in [4.78, 5) is 29.3. The second kappa shape index (κ2) is 8.74. The first kappa shape index (κ1) is 20.3. The second-order valence-electron chi connectivity index (χ2n) is 8.18. The summed E-state index contributed by atoms with van der Waals surface area (Å²) >= 11 is 3.49. The van der Waals surface area contributed by atoms with E-state index in [2.05, 4.69) is 40.0 Å². The van der Waals surface area contributed by atoms with Gasteiger partial charge >= 0.3 is 0 Å². The Kier molecular flexibility index (Phi) is 6.58. The summed E-state index contributed by atoms with van der Waals surface area (Å²) < 4.78 is 1.02. The average molecular weight is 436 g/mol. The minimum Gasteiger partial charge on any atom is -0.355 e. The molecule has 0 aliphatic carbocycles. The number of piperidine rings is 1. The van der Waals surface area contributed by atoms with E-state index in [1.165, 1.54) is 6.42 Å². The van der Waals surface area contributed by atoms with Crippen molar-refractivity contribution in [1.29, 1.82) is 0 Å². The highest BCUT2D eigenvalue weighted by Gasteiger charge is 2.35. The smallest absolute Gasteiger partial charge is 0.227 e.